The Hall–Kier alpha value is -1.29. The summed E-state index contributed by atoms with van der Waals surface area (Å²) in [6, 6.07) is 8.70. The topological polar surface area (TPSA) is 27.1 Å². The van der Waals surface area contributed by atoms with Crippen LogP contribution in [0.2, 0.25) is 0 Å². The zero-order valence-corrected chi connectivity index (χ0v) is 14.0. The fraction of sp³-hybridized carbons (Fsp3) is 0.471. The molecular formula is C17H21BrN2O. The Bertz CT molecular complexity index is 603. The van der Waals surface area contributed by atoms with Crippen molar-refractivity contribution in [1.29, 1.82) is 0 Å². The second-order valence-electron chi connectivity index (χ2n) is 5.78. The zero-order chi connectivity index (χ0) is 14.7. The average molecular weight is 349 g/mol. The molecule has 1 fully saturated rings. The molecule has 2 aromatic rings. The van der Waals surface area contributed by atoms with E-state index in [1.807, 2.05) is 18.2 Å². The van der Waals surface area contributed by atoms with Crippen LogP contribution in [-0.4, -0.2) is 9.78 Å². The molecular weight excluding hydrogens is 328 g/mol. The van der Waals surface area contributed by atoms with E-state index < -0.39 is 0 Å². The Morgan fingerprint density at radius 1 is 1.24 bits per heavy atom. The molecule has 0 amide bonds. The van der Waals surface area contributed by atoms with E-state index in [1.54, 1.807) is 0 Å². The number of benzene rings is 1. The first-order chi connectivity index (χ1) is 10.2. The smallest absolute Gasteiger partial charge is 0.132 e. The van der Waals surface area contributed by atoms with Crippen molar-refractivity contribution in [3.05, 3.63) is 46.2 Å². The summed E-state index contributed by atoms with van der Waals surface area (Å²) in [5.41, 5.74) is 2.18. The molecule has 0 N–H and O–H groups in total. The lowest BCUT2D eigenvalue weighted by atomic mass is 9.96. The van der Waals surface area contributed by atoms with E-state index >= 15 is 0 Å². The molecule has 0 saturated heterocycles. The highest BCUT2D eigenvalue weighted by molar-refractivity contribution is 9.10. The van der Waals surface area contributed by atoms with E-state index in [0.29, 0.717) is 12.6 Å². The van der Waals surface area contributed by atoms with Gasteiger partial charge in [-0.05, 0) is 49.6 Å². The summed E-state index contributed by atoms with van der Waals surface area (Å²) >= 11 is 3.50. The lowest BCUT2D eigenvalue weighted by molar-refractivity contribution is 0.291. The largest absolute Gasteiger partial charge is 0.487 e. The predicted octanol–water partition coefficient (Wildman–Crippen LogP) is 5.04. The third kappa shape index (κ3) is 3.67. The van der Waals surface area contributed by atoms with E-state index in [4.69, 9.17) is 4.74 Å². The number of rotatable bonds is 4. The quantitative estimate of drug-likeness (QED) is 0.773. The van der Waals surface area contributed by atoms with Crippen molar-refractivity contribution in [2.24, 2.45) is 0 Å². The minimum Gasteiger partial charge on any atom is -0.487 e. The fourth-order valence-electron chi connectivity index (χ4n) is 2.87. The number of nitrogens with zero attached hydrogens (tertiary/aromatic N) is 2. The fourth-order valence-corrected chi connectivity index (χ4v) is 3.11. The van der Waals surface area contributed by atoms with Gasteiger partial charge in [0.15, 0.2) is 0 Å². The van der Waals surface area contributed by atoms with Crippen molar-refractivity contribution in [1.82, 2.24) is 9.78 Å². The standard InChI is InChI=1S/C17H21BrN2O/c1-13-11-16(7-8-17(13)18)21-12-14-9-10-20(19-14)15-5-3-2-4-6-15/h7-11,15H,2-6,12H2,1H3. The summed E-state index contributed by atoms with van der Waals surface area (Å²) in [5, 5.41) is 4.67. The maximum absolute atomic E-state index is 5.83. The number of aryl methyl sites for hydroxylation is 1. The highest BCUT2D eigenvalue weighted by atomic mass is 79.9. The maximum atomic E-state index is 5.83. The number of ether oxygens (including phenoxy) is 1. The van der Waals surface area contributed by atoms with Gasteiger partial charge < -0.3 is 4.74 Å². The van der Waals surface area contributed by atoms with Crippen molar-refractivity contribution in [3.8, 4) is 5.75 Å². The monoisotopic (exact) mass is 348 g/mol. The van der Waals surface area contributed by atoms with Crippen LogP contribution in [0, 0.1) is 6.92 Å². The second-order valence-corrected chi connectivity index (χ2v) is 6.63. The van der Waals surface area contributed by atoms with E-state index in [2.05, 4.69) is 44.9 Å². The molecule has 0 aliphatic heterocycles. The first-order valence-electron chi connectivity index (χ1n) is 7.65. The van der Waals surface area contributed by atoms with Crippen LogP contribution in [0.15, 0.2) is 34.9 Å². The molecule has 4 heteroatoms. The third-order valence-electron chi connectivity index (χ3n) is 4.13. The lowest BCUT2D eigenvalue weighted by Gasteiger charge is -2.21. The van der Waals surface area contributed by atoms with E-state index in [0.717, 1.165) is 15.9 Å². The molecule has 1 saturated carbocycles. The molecule has 112 valence electrons. The molecule has 3 rings (SSSR count). The molecule has 0 bridgehead atoms. The minimum atomic E-state index is 0.529. The van der Waals surface area contributed by atoms with Crippen molar-refractivity contribution in [3.63, 3.8) is 0 Å². The van der Waals surface area contributed by atoms with Gasteiger partial charge in [0.1, 0.15) is 12.4 Å². The number of halogens is 1. The maximum Gasteiger partial charge on any atom is 0.132 e. The van der Waals surface area contributed by atoms with Gasteiger partial charge in [0.2, 0.25) is 0 Å². The molecule has 1 heterocycles. The van der Waals surface area contributed by atoms with Gasteiger partial charge in [-0.1, -0.05) is 35.2 Å². The summed E-state index contributed by atoms with van der Waals surface area (Å²) in [5.74, 6) is 0.892. The molecule has 0 spiro atoms. The Labute approximate surface area is 134 Å². The number of aromatic nitrogens is 2. The van der Waals surface area contributed by atoms with Crippen LogP contribution in [0.4, 0.5) is 0 Å². The normalized spacial score (nSPS) is 16.1. The molecule has 3 nitrogen and oxygen atoms in total. The second kappa shape index (κ2) is 6.65. The van der Waals surface area contributed by atoms with Crippen LogP contribution in [0.3, 0.4) is 0 Å². The van der Waals surface area contributed by atoms with Crippen LogP contribution in [-0.2, 0) is 6.61 Å². The molecule has 1 aromatic carbocycles. The highest BCUT2D eigenvalue weighted by Gasteiger charge is 2.16. The summed E-state index contributed by atoms with van der Waals surface area (Å²) in [6.45, 7) is 2.59. The molecule has 21 heavy (non-hydrogen) atoms. The average Bonchev–Trinajstić information content (AvgIpc) is 2.98. The van der Waals surface area contributed by atoms with Gasteiger partial charge in [-0.25, -0.2) is 0 Å². The van der Waals surface area contributed by atoms with Crippen LogP contribution in [0.25, 0.3) is 0 Å². The zero-order valence-electron chi connectivity index (χ0n) is 12.4. The van der Waals surface area contributed by atoms with Gasteiger partial charge in [-0.2, -0.15) is 5.10 Å². The van der Waals surface area contributed by atoms with Crippen molar-refractivity contribution in [2.75, 3.05) is 0 Å². The van der Waals surface area contributed by atoms with Gasteiger partial charge in [0.05, 0.1) is 11.7 Å². The van der Waals surface area contributed by atoms with Crippen LogP contribution in [0.1, 0.15) is 49.4 Å². The predicted molar refractivity (Wildman–Crippen MR) is 87.6 cm³/mol. The van der Waals surface area contributed by atoms with Crippen molar-refractivity contribution in [2.45, 2.75) is 51.7 Å². The summed E-state index contributed by atoms with van der Waals surface area (Å²) in [6.07, 6.45) is 8.64. The third-order valence-corrected chi connectivity index (χ3v) is 5.02. The highest BCUT2D eigenvalue weighted by Crippen LogP contribution is 2.27. The molecule has 1 aromatic heterocycles. The van der Waals surface area contributed by atoms with E-state index in [9.17, 15) is 0 Å². The summed E-state index contributed by atoms with van der Waals surface area (Å²) in [7, 11) is 0. The van der Waals surface area contributed by atoms with E-state index in [1.165, 1.54) is 37.7 Å². The first kappa shape index (κ1) is 14.6. The van der Waals surface area contributed by atoms with Crippen molar-refractivity contribution < 1.29 is 4.74 Å². The minimum absolute atomic E-state index is 0.529. The summed E-state index contributed by atoms with van der Waals surface area (Å²) in [4.78, 5) is 0. The number of hydrogen-bond donors (Lipinski definition) is 0. The first-order valence-corrected chi connectivity index (χ1v) is 8.44. The van der Waals surface area contributed by atoms with Crippen LogP contribution >= 0.6 is 15.9 Å². The Balaban J connectivity index is 1.60. The van der Waals surface area contributed by atoms with Crippen molar-refractivity contribution >= 4 is 15.9 Å². The Morgan fingerprint density at radius 3 is 2.81 bits per heavy atom. The van der Waals surface area contributed by atoms with Gasteiger partial charge in [-0.15, -0.1) is 0 Å². The molecule has 0 radical (unpaired) electrons. The van der Waals surface area contributed by atoms with Gasteiger partial charge >= 0.3 is 0 Å². The molecule has 0 atom stereocenters. The molecule has 0 unspecified atom stereocenters. The van der Waals surface area contributed by atoms with Gasteiger partial charge in [0, 0.05) is 10.7 Å². The molecule has 1 aliphatic rings. The summed E-state index contributed by atoms with van der Waals surface area (Å²) < 4.78 is 9.07. The molecule has 1 aliphatic carbocycles. The number of hydrogen-bond acceptors (Lipinski definition) is 2. The van der Waals surface area contributed by atoms with Gasteiger partial charge in [-0.3, -0.25) is 4.68 Å². The van der Waals surface area contributed by atoms with Gasteiger partial charge in [0.25, 0.3) is 0 Å². The van der Waals surface area contributed by atoms with Crippen LogP contribution < -0.4 is 4.74 Å². The van der Waals surface area contributed by atoms with E-state index in [-0.39, 0.29) is 0 Å². The van der Waals surface area contributed by atoms with Crippen LogP contribution in [0.5, 0.6) is 5.75 Å². The Kier molecular flexibility index (Phi) is 4.63. The lowest BCUT2D eigenvalue weighted by Crippen LogP contribution is -2.13. The SMILES string of the molecule is Cc1cc(OCc2ccn(C3CCCCC3)n2)ccc1Br. The Morgan fingerprint density at radius 2 is 2.05 bits per heavy atom.